The van der Waals surface area contributed by atoms with Crippen LogP contribution in [-0.2, 0) is 14.3 Å². The number of nitrogens with zero attached hydrogens (tertiary/aromatic N) is 1. The SMILES string of the molecule is O=C1CCN(C(=O)[C@H]2CCCO2)CCN1. The number of carbonyl (C=O) groups is 2. The summed E-state index contributed by atoms with van der Waals surface area (Å²) in [5, 5.41) is 2.75. The summed E-state index contributed by atoms with van der Waals surface area (Å²) >= 11 is 0. The molecule has 0 bridgehead atoms. The lowest BCUT2D eigenvalue weighted by Gasteiger charge is -2.22. The van der Waals surface area contributed by atoms with E-state index in [2.05, 4.69) is 5.32 Å². The Morgan fingerprint density at radius 2 is 2.33 bits per heavy atom. The minimum absolute atomic E-state index is 0.0256. The van der Waals surface area contributed by atoms with Crippen molar-refractivity contribution >= 4 is 11.8 Å². The van der Waals surface area contributed by atoms with Crippen LogP contribution in [-0.4, -0.2) is 49.1 Å². The highest BCUT2D eigenvalue weighted by Gasteiger charge is 2.29. The molecule has 5 nitrogen and oxygen atoms in total. The second-order valence-electron chi connectivity index (χ2n) is 3.93. The van der Waals surface area contributed by atoms with Crippen molar-refractivity contribution in [2.75, 3.05) is 26.2 Å². The lowest BCUT2D eigenvalue weighted by Crippen LogP contribution is -2.40. The summed E-state index contributed by atoms with van der Waals surface area (Å²) in [6.07, 6.45) is 1.91. The molecule has 2 fully saturated rings. The van der Waals surface area contributed by atoms with Crippen LogP contribution in [0.2, 0.25) is 0 Å². The molecule has 0 unspecified atom stereocenters. The molecule has 0 aromatic heterocycles. The Morgan fingerprint density at radius 3 is 3.07 bits per heavy atom. The van der Waals surface area contributed by atoms with Crippen LogP contribution in [0.25, 0.3) is 0 Å². The Balaban J connectivity index is 1.91. The average Bonchev–Trinajstić information content (AvgIpc) is 2.67. The van der Waals surface area contributed by atoms with Gasteiger partial charge in [-0.25, -0.2) is 0 Å². The molecule has 2 heterocycles. The van der Waals surface area contributed by atoms with Crippen molar-refractivity contribution in [2.24, 2.45) is 0 Å². The molecule has 5 heteroatoms. The predicted molar refractivity (Wildman–Crippen MR) is 53.2 cm³/mol. The normalized spacial score (nSPS) is 27.3. The lowest BCUT2D eigenvalue weighted by molar-refractivity contribution is -0.140. The van der Waals surface area contributed by atoms with E-state index in [1.54, 1.807) is 4.90 Å². The van der Waals surface area contributed by atoms with Gasteiger partial charge in [-0.1, -0.05) is 0 Å². The van der Waals surface area contributed by atoms with Gasteiger partial charge < -0.3 is 15.0 Å². The fraction of sp³-hybridized carbons (Fsp3) is 0.800. The molecule has 15 heavy (non-hydrogen) atoms. The first-order valence-corrected chi connectivity index (χ1v) is 5.44. The molecular formula is C10H16N2O3. The van der Waals surface area contributed by atoms with E-state index in [0.717, 1.165) is 12.8 Å². The third kappa shape index (κ3) is 2.47. The van der Waals surface area contributed by atoms with Crippen molar-refractivity contribution in [2.45, 2.75) is 25.4 Å². The molecule has 0 aromatic carbocycles. The molecule has 2 rings (SSSR count). The van der Waals surface area contributed by atoms with Crippen LogP contribution >= 0.6 is 0 Å². The van der Waals surface area contributed by atoms with E-state index in [1.807, 2.05) is 0 Å². The molecule has 0 saturated carbocycles. The number of hydrogen-bond acceptors (Lipinski definition) is 3. The third-order valence-electron chi connectivity index (χ3n) is 2.83. The van der Waals surface area contributed by atoms with Gasteiger partial charge in [-0.15, -0.1) is 0 Å². The Kier molecular flexibility index (Phi) is 3.20. The standard InChI is InChI=1S/C10H16N2O3/c13-9-3-5-12(6-4-11-9)10(14)8-2-1-7-15-8/h8H,1-7H2,(H,11,13)/t8-/m1/s1. The summed E-state index contributed by atoms with van der Waals surface area (Å²) in [5.41, 5.74) is 0. The largest absolute Gasteiger partial charge is 0.368 e. The zero-order valence-electron chi connectivity index (χ0n) is 8.70. The molecule has 1 N–H and O–H groups in total. The monoisotopic (exact) mass is 212 g/mol. The fourth-order valence-corrected chi connectivity index (χ4v) is 1.96. The molecule has 2 aliphatic rings. The first kappa shape index (κ1) is 10.4. The maximum absolute atomic E-state index is 11.9. The summed E-state index contributed by atoms with van der Waals surface area (Å²) in [4.78, 5) is 24.7. The van der Waals surface area contributed by atoms with E-state index in [9.17, 15) is 9.59 Å². The number of nitrogens with one attached hydrogen (secondary N) is 1. The van der Waals surface area contributed by atoms with Crippen LogP contribution in [0.3, 0.4) is 0 Å². The molecule has 2 aliphatic heterocycles. The number of hydrogen-bond donors (Lipinski definition) is 1. The summed E-state index contributed by atoms with van der Waals surface area (Å²) in [6, 6.07) is 0. The van der Waals surface area contributed by atoms with Gasteiger partial charge in [-0.05, 0) is 12.8 Å². The van der Waals surface area contributed by atoms with Gasteiger partial charge in [0.15, 0.2) is 0 Å². The Bertz CT molecular complexity index is 261. The number of carbonyl (C=O) groups excluding carboxylic acids is 2. The van der Waals surface area contributed by atoms with Gasteiger partial charge in [0.1, 0.15) is 6.10 Å². The number of amides is 2. The second kappa shape index (κ2) is 4.61. The first-order chi connectivity index (χ1) is 7.27. The summed E-state index contributed by atoms with van der Waals surface area (Å²) < 4.78 is 5.34. The van der Waals surface area contributed by atoms with Crippen molar-refractivity contribution in [1.82, 2.24) is 10.2 Å². The van der Waals surface area contributed by atoms with Crippen LogP contribution in [0, 0.1) is 0 Å². The van der Waals surface area contributed by atoms with Crippen LogP contribution in [0.1, 0.15) is 19.3 Å². The minimum Gasteiger partial charge on any atom is -0.368 e. The quantitative estimate of drug-likeness (QED) is 0.638. The van der Waals surface area contributed by atoms with Gasteiger partial charge in [0.05, 0.1) is 0 Å². The third-order valence-corrected chi connectivity index (χ3v) is 2.83. The molecule has 1 atom stereocenters. The Morgan fingerprint density at radius 1 is 1.47 bits per heavy atom. The second-order valence-corrected chi connectivity index (χ2v) is 3.93. The van der Waals surface area contributed by atoms with Crippen LogP contribution < -0.4 is 5.32 Å². The first-order valence-electron chi connectivity index (χ1n) is 5.44. The molecule has 0 aliphatic carbocycles. The molecule has 84 valence electrons. The van der Waals surface area contributed by atoms with E-state index in [-0.39, 0.29) is 17.9 Å². The highest BCUT2D eigenvalue weighted by molar-refractivity contribution is 5.83. The fourth-order valence-electron chi connectivity index (χ4n) is 1.96. The average molecular weight is 212 g/mol. The van der Waals surface area contributed by atoms with Gasteiger partial charge in [-0.2, -0.15) is 0 Å². The van der Waals surface area contributed by atoms with Gasteiger partial charge in [0, 0.05) is 32.7 Å². The highest BCUT2D eigenvalue weighted by atomic mass is 16.5. The van der Waals surface area contributed by atoms with E-state index >= 15 is 0 Å². The highest BCUT2D eigenvalue weighted by Crippen LogP contribution is 2.15. The van der Waals surface area contributed by atoms with E-state index < -0.39 is 0 Å². The zero-order chi connectivity index (χ0) is 10.7. The molecule has 0 aromatic rings. The van der Waals surface area contributed by atoms with Gasteiger partial charge in [0.25, 0.3) is 5.91 Å². The van der Waals surface area contributed by atoms with Crippen molar-refractivity contribution < 1.29 is 14.3 Å². The Hall–Kier alpha value is -1.10. The van der Waals surface area contributed by atoms with E-state index in [4.69, 9.17) is 4.74 Å². The van der Waals surface area contributed by atoms with Crippen molar-refractivity contribution in [3.63, 3.8) is 0 Å². The maximum atomic E-state index is 11.9. The number of rotatable bonds is 1. The van der Waals surface area contributed by atoms with Crippen LogP contribution in [0.15, 0.2) is 0 Å². The van der Waals surface area contributed by atoms with Gasteiger partial charge in [0.2, 0.25) is 5.91 Å². The van der Waals surface area contributed by atoms with E-state index in [0.29, 0.717) is 32.7 Å². The predicted octanol–water partition coefficient (Wildman–Crippen LogP) is -0.486. The van der Waals surface area contributed by atoms with Crippen LogP contribution in [0.5, 0.6) is 0 Å². The molecule has 0 spiro atoms. The number of ether oxygens (including phenoxy) is 1. The van der Waals surface area contributed by atoms with Gasteiger partial charge in [-0.3, -0.25) is 9.59 Å². The lowest BCUT2D eigenvalue weighted by atomic mass is 10.2. The smallest absolute Gasteiger partial charge is 0.251 e. The van der Waals surface area contributed by atoms with Crippen molar-refractivity contribution in [3.8, 4) is 0 Å². The molecular weight excluding hydrogens is 196 g/mol. The summed E-state index contributed by atoms with van der Waals surface area (Å²) in [5.74, 6) is 0.0710. The molecule has 2 amide bonds. The molecule has 2 saturated heterocycles. The molecule has 0 radical (unpaired) electrons. The topological polar surface area (TPSA) is 58.6 Å². The van der Waals surface area contributed by atoms with E-state index in [1.165, 1.54) is 0 Å². The van der Waals surface area contributed by atoms with Crippen LogP contribution in [0.4, 0.5) is 0 Å². The summed E-state index contributed by atoms with van der Waals surface area (Å²) in [7, 11) is 0. The Labute approximate surface area is 88.8 Å². The van der Waals surface area contributed by atoms with Crippen molar-refractivity contribution in [3.05, 3.63) is 0 Å². The van der Waals surface area contributed by atoms with Crippen molar-refractivity contribution in [1.29, 1.82) is 0 Å². The maximum Gasteiger partial charge on any atom is 0.251 e. The zero-order valence-corrected chi connectivity index (χ0v) is 8.70. The van der Waals surface area contributed by atoms with Gasteiger partial charge >= 0.3 is 0 Å². The summed E-state index contributed by atoms with van der Waals surface area (Å²) in [6.45, 7) is 2.35. The minimum atomic E-state index is -0.266.